The SMILES string of the molecule is O=c1[nH]c(=O)c2[nH]c(=O)[nH]c2[nH]1.[K].[Na]. The van der Waals surface area contributed by atoms with Crippen molar-refractivity contribution in [3.05, 3.63) is 31.3 Å². The largest absolute Gasteiger partial charge is 0.327 e. The first-order valence-electron chi connectivity index (χ1n) is 3.11. The van der Waals surface area contributed by atoms with Crippen molar-refractivity contribution in [2.45, 2.75) is 0 Å². The number of aromatic nitrogens is 4. The van der Waals surface area contributed by atoms with Crippen LogP contribution in [0.3, 0.4) is 0 Å². The Labute approximate surface area is 141 Å². The maximum atomic E-state index is 10.9. The van der Waals surface area contributed by atoms with Gasteiger partial charge in [-0.25, -0.2) is 9.59 Å². The first kappa shape index (κ1) is 14.6. The van der Waals surface area contributed by atoms with Crippen LogP contribution in [0.1, 0.15) is 0 Å². The van der Waals surface area contributed by atoms with E-state index in [2.05, 4.69) is 15.0 Å². The third kappa shape index (κ3) is 2.80. The van der Waals surface area contributed by atoms with Gasteiger partial charge >= 0.3 is 11.4 Å². The Kier molecular flexibility index (Phi) is 5.85. The van der Waals surface area contributed by atoms with E-state index >= 15 is 0 Å². The molecule has 0 aromatic carbocycles. The van der Waals surface area contributed by atoms with Gasteiger partial charge in [0.2, 0.25) is 0 Å². The molecule has 0 saturated heterocycles. The minimum atomic E-state index is -0.650. The van der Waals surface area contributed by atoms with Crippen LogP contribution in [0.2, 0.25) is 0 Å². The monoisotopic (exact) mass is 230 g/mol. The van der Waals surface area contributed by atoms with Crippen molar-refractivity contribution in [3.8, 4) is 0 Å². The molecule has 0 bridgehead atoms. The molecule has 0 fully saturated rings. The van der Waals surface area contributed by atoms with Crippen molar-refractivity contribution in [2.75, 3.05) is 0 Å². The number of hydrogen-bond donors (Lipinski definition) is 4. The fourth-order valence-corrected chi connectivity index (χ4v) is 0.958. The predicted molar refractivity (Wildman–Crippen MR) is 51.7 cm³/mol. The second-order valence-corrected chi connectivity index (χ2v) is 2.24. The molecule has 0 unspecified atom stereocenters. The van der Waals surface area contributed by atoms with Crippen molar-refractivity contribution in [1.82, 2.24) is 19.9 Å². The molecule has 4 N–H and O–H groups in total. The summed E-state index contributed by atoms with van der Waals surface area (Å²) in [6.07, 6.45) is 0. The van der Waals surface area contributed by atoms with Gasteiger partial charge in [-0.2, -0.15) is 0 Å². The predicted octanol–water partition coefficient (Wildman–Crippen LogP) is -2.53. The minimum absolute atomic E-state index is 0. The van der Waals surface area contributed by atoms with Crippen LogP contribution in [-0.4, -0.2) is 101 Å². The molecular formula is C5H4KN4NaO3. The number of imidazole rings is 1. The first-order valence-corrected chi connectivity index (χ1v) is 3.11. The molecule has 2 radical (unpaired) electrons. The molecule has 7 nitrogen and oxygen atoms in total. The van der Waals surface area contributed by atoms with Gasteiger partial charge in [-0.05, 0) is 0 Å². The molecule has 0 aliphatic carbocycles. The molecule has 0 saturated carbocycles. The number of fused-ring (bicyclic) bond motifs is 1. The van der Waals surface area contributed by atoms with Gasteiger partial charge in [0.05, 0.1) is 0 Å². The average molecular weight is 230 g/mol. The van der Waals surface area contributed by atoms with Gasteiger partial charge in [0.25, 0.3) is 5.56 Å². The molecule has 9 heteroatoms. The van der Waals surface area contributed by atoms with E-state index in [1.165, 1.54) is 0 Å². The molecule has 0 aliphatic heterocycles. The molecule has 0 amide bonds. The summed E-state index contributed by atoms with van der Waals surface area (Å²) in [5.41, 5.74) is -1.65. The Morgan fingerprint density at radius 1 is 0.786 bits per heavy atom. The Bertz CT molecular complexity index is 593. The summed E-state index contributed by atoms with van der Waals surface area (Å²) in [5.74, 6) is 0. The van der Waals surface area contributed by atoms with Crippen LogP contribution in [0.4, 0.5) is 0 Å². The standard InChI is InChI=1S/C5H4N4O3.K.Na/c10-3-1-2(7-4(11)6-1)8-5(12)9-3;;/h(H4,6,7,8,9,10,11,12);;. The molecular weight excluding hydrogens is 226 g/mol. The van der Waals surface area contributed by atoms with Crippen molar-refractivity contribution in [3.63, 3.8) is 0 Å². The van der Waals surface area contributed by atoms with Crippen molar-refractivity contribution >= 4 is 92.1 Å². The minimum Gasteiger partial charge on any atom is -0.300 e. The van der Waals surface area contributed by atoms with Crippen LogP contribution in [0.15, 0.2) is 14.4 Å². The molecule has 2 heterocycles. The van der Waals surface area contributed by atoms with Crippen LogP contribution in [-0.2, 0) is 0 Å². The van der Waals surface area contributed by atoms with E-state index in [0.717, 1.165) is 0 Å². The molecule has 0 aliphatic rings. The van der Waals surface area contributed by atoms with Gasteiger partial charge in [-0.1, -0.05) is 0 Å². The van der Waals surface area contributed by atoms with Crippen LogP contribution in [0.5, 0.6) is 0 Å². The van der Waals surface area contributed by atoms with E-state index in [-0.39, 0.29) is 92.1 Å². The third-order valence-corrected chi connectivity index (χ3v) is 1.42. The van der Waals surface area contributed by atoms with E-state index < -0.39 is 16.9 Å². The van der Waals surface area contributed by atoms with Crippen LogP contribution < -0.4 is 16.9 Å². The van der Waals surface area contributed by atoms with E-state index in [1.807, 2.05) is 4.98 Å². The number of aromatic amines is 4. The second kappa shape index (κ2) is 5.61. The smallest absolute Gasteiger partial charge is 0.300 e. The van der Waals surface area contributed by atoms with Crippen molar-refractivity contribution in [2.24, 2.45) is 0 Å². The zero-order chi connectivity index (χ0) is 8.72. The zero-order valence-electron chi connectivity index (χ0n) is 7.72. The fraction of sp³-hybridized carbons (Fsp3) is 0. The molecule has 0 atom stereocenters. The summed E-state index contributed by atoms with van der Waals surface area (Å²) in [6, 6.07) is 0. The molecule has 14 heavy (non-hydrogen) atoms. The van der Waals surface area contributed by atoms with Gasteiger partial charge in [0, 0.05) is 80.9 Å². The van der Waals surface area contributed by atoms with Crippen LogP contribution >= 0.6 is 0 Å². The van der Waals surface area contributed by atoms with Crippen LogP contribution in [0.25, 0.3) is 11.2 Å². The van der Waals surface area contributed by atoms with Gasteiger partial charge in [0.1, 0.15) is 11.2 Å². The fourth-order valence-electron chi connectivity index (χ4n) is 0.958. The topological polar surface area (TPSA) is 114 Å². The number of rotatable bonds is 0. The third-order valence-electron chi connectivity index (χ3n) is 1.42. The summed E-state index contributed by atoms with van der Waals surface area (Å²) in [5, 5.41) is 0. The summed E-state index contributed by atoms with van der Waals surface area (Å²) in [4.78, 5) is 41.0. The summed E-state index contributed by atoms with van der Waals surface area (Å²) in [7, 11) is 0. The summed E-state index contributed by atoms with van der Waals surface area (Å²) >= 11 is 0. The van der Waals surface area contributed by atoms with E-state index in [1.54, 1.807) is 0 Å². The molecule has 2 aromatic heterocycles. The van der Waals surface area contributed by atoms with E-state index in [0.29, 0.717) is 0 Å². The van der Waals surface area contributed by atoms with Crippen LogP contribution in [0, 0.1) is 0 Å². The quantitative estimate of drug-likeness (QED) is 0.374. The first-order chi connectivity index (χ1) is 5.66. The average Bonchev–Trinajstić information content (AvgIpc) is 2.29. The zero-order valence-corrected chi connectivity index (χ0v) is 12.8. The Balaban J connectivity index is 0.000000845. The summed E-state index contributed by atoms with van der Waals surface area (Å²) < 4.78 is 0. The van der Waals surface area contributed by atoms with Crippen molar-refractivity contribution < 1.29 is 0 Å². The van der Waals surface area contributed by atoms with Gasteiger partial charge in [-0.3, -0.25) is 24.7 Å². The number of H-pyrrole nitrogens is 4. The molecule has 2 rings (SSSR count). The van der Waals surface area contributed by atoms with E-state index in [9.17, 15) is 14.4 Å². The number of hydrogen-bond acceptors (Lipinski definition) is 3. The van der Waals surface area contributed by atoms with E-state index in [4.69, 9.17) is 0 Å². The molecule has 64 valence electrons. The summed E-state index contributed by atoms with van der Waals surface area (Å²) in [6.45, 7) is 0. The Hall–Kier alpha value is 0.586. The Morgan fingerprint density at radius 2 is 1.29 bits per heavy atom. The number of nitrogens with one attached hydrogen (secondary N) is 4. The Morgan fingerprint density at radius 3 is 1.86 bits per heavy atom. The maximum absolute atomic E-state index is 10.9. The van der Waals surface area contributed by atoms with Gasteiger partial charge in [0.15, 0.2) is 0 Å². The normalized spacial score (nSPS) is 9.14. The molecule has 0 spiro atoms. The van der Waals surface area contributed by atoms with Gasteiger partial charge in [-0.15, -0.1) is 0 Å². The van der Waals surface area contributed by atoms with Gasteiger partial charge < -0.3 is 0 Å². The molecule has 2 aromatic rings. The maximum Gasteiger partial charge on any atom is 0.327 e. The second-order valence-electron chi connectivity index (χ2n) is 2.24. The van der Waals surface area contributed by atoms with Crippen molar-refractivity contribution in [1.29, 1.82) is 0 Å².